The minimum atomic E-state index is -0.656. The molecule has 5 rings (SSSR count). The summed E-state index contributed by atoms with van der Waals surface area (Å²) in [5.41, 5.74) is 3.38. The normalized spacial score (nSPS) is 11.6. The Morgan fingerprint density at radius 3 is 2.62 bits per heavy atom. The second kappa shape index (κ2) is 11.2. The van der Waals surface area contributed by atoms with E-state index in [1.54, 1.807) is 56.7 Å². The van der Waals surface area contributed by atoms with Gasteiger partial charge in [-0.15, -0.1) is 0 Å². The van der Waals surface area contributed by atoms with Crippen LogP contribution in [-0.2, 0) is 0 Å². The molecule has 0 radical (unpaired) electrons. The van der Waals surface area contributed by atoms with Crippen LogP contribution in [0.25, 0.3) is 10.9 Å². The van der Waals surface area contributed by atoms with Gasteiger partial charge in [0.05, 0.1) is 44.7 Å². The number of rotatable bonds is 7. The Hall–Kier alpha value is -4.72. The highest BCUT2D eigenvalue weighted by atomic mass is 35.5. The van der Waals surface area contributed by atoms with E-state index in [1.165, 1.54) is 23.2 Å². The molecule has 1 atom stereocenters. The van der Waals surface area contributed by atoms with Gasteiger partial charge in [0.2, 0.25) is 0 Å². The highest BCUT2D eigenvalue weighted by molar-refractivity contribution is 6.36. The number of nitrogens with one attached hydrogen (secondary N) is 3. The van der Waals surface area contributed by atoms with Crippen molar-refractivity contribution in [3.63, 3.8) is 0 Å². The first kappa shape index (κ1) is 26.9. The number of pyridine rings is 1. The Morgan fingerprint density at radius 2 is 1.90 bits per heavy atom. The van der Waals surface area contributed by atoms with Gasteiger partial charge in [-0.3, -0.25) is 9.78 Å². The first-order valence-corrected chi connectivity index (χ1v) is 12.7. The summed E-state index contributed by atoms with van der Waals surface area (Å²) in [7, 11) is 3.37. The second-order valence-electron chi connectivity index (χ2n) is 9.04. The van der Waals surface area contributed by atoms with Crippen LogP contribution >= 0.6 is 23.2 Å². The molecule has 1 unspecified atom stereocenters. The summed E-state index contributed by atoms with van der Waals surface area (Å²) in [6, 6.07) is 16.7. The molecular weight excluding hydrogens is 554 g/mol. The van der Waals surface area contributed by atoms with Crippen LogP contribution in [0.3, 0.4) is 0 Å². The van der Waals surface area contributed by atoms with Gasteiger partial charge in [-0.2, -0.15) is 20.7 Å². The number of hydrogen-bond donors (Lipinski definition) is 3. The lowest BCUT2D eigenvalue weighted by Gasteiger charge is -2.21. The van der Waals surface area contributed by atoms with Crippen LogP contribution in [0.15, 0.2) is 67.0 Å². The van der Waals surface area contributed by atoms with E-state index in [-0.39, 0.29) is 22.2 Å². The summed E-state index contributed by atoms with van der Waals surface area (Å²) < 4.78 is 14.8. The third-order valence-corrected chi connectivity index (χ3v) is 6.75. The molecule has 0 fully saturated rings. The summed E-state index contributed by atoms with van der Waals surface area (Å²) in [5, 5.41) is 27.7. The van der Waals surface area contributed by atoms with Crippen molar-refractivity contribution in [3.05, 3.63) is 105 Å². The molecule has 200 valence electrons. The molecule has 0 aliphatic heterocycles. The fraction of sp³-hybridized carbons (Fsp3) is 0.107. The van der Waals surface area contributed by atoms with E-state index in [9.17, 15) is 14.4 Å². The van der Waals surface area contributed by atoms with Crippen molar-refractivity contribution >= 4 is 57.1 Å². The zero-order chi connectivity index (χ0) is 28.4. The number of aromatic nitrogens is 4. The van der Waals surface area contributed by atoms with Crippen molar-refractivity contribution < 1.29 is 9.18 Å². The lowest BCUT2D eigenvalue weighted by Crippen LogP contribution is -2.22. The Labute approximate surface area is 238 Å². The molecule has 2 aromatic heterocycles. The topological polar surface area (TPSA) is 123 Å². The Bertz CT molecular complexity index is 1770. The summed E-state index contributed by atoms with van der Waals surface area (Å²) in [6.07, 6.45) is 2.95. The van der Waals surface area contributed by atoms with Crippen molar-refractivity contribution in [2.45, 2.75) is 6.04 Å². The van der Waals surface area contributed by atoms with Crippen LogP contribution in [0.1, 0.15) is 33.2 Å². The number of H-pyrrole nitrogens is 1. The summed E-state index contributed by atoms with van der Waals surface area (Å²) in [4.78, 5) is 18.5. The van der Waals surface area contributed by atoms with Crippen LogP contribution in [-0.4, -0.2) is 45.3 Å². The summed E-state index contributed by atoms with van der Waals surface area (Å²) in [6.45, 7) is 0. The summed E-state index contributed by atoms with van der Waals surface area (Å²) >= 11 is 12.6. The van der Waals surface area contributed by atoms with E-state index in [4.69, 9.17) is 23.2 Å². The van der Waals surface area contributed by atoms with Crippen molar-refractivity contribution in [1.29, 1.82) is 5.26 Å². The SMILES string of the molecule is CN(C)C(=O)c1cccc(C(Nc2cc(Cl)c3ncc(C#N)c(Nc4cccc(Cl)c4F)c3c2)c2cn[nH]n2)c1. The van der Waals surface area contributed by atoms with Gasteiger partial charge >= 0.3 is 0 Å². The number of benzene rings is 3. The maximum atomic E-state index is 14.8. The zero-order valence-corrected chi connectivity index (χ0v) is 22.7. The molecule has 9 nitrogen and oxygen atoms in total. The van der Waals surface area contributed by atoms with Crippen LogP contribution in [0.2, 0.25) is 10.0 Å². The minimum Gasteiger partial charge on any atom is -0.373 e. The van der Waals surface area contributed by atoms with Crippen molar-refractivity contribution in [2.75, 3.05) is 24.7 Å². The molecule has 2 heterocycles. The average Bonchev–Trinajstić information content (AvgIpc) is 3.49. The minimum absolute atomic E-state index is 0.0623. The molecule has 0 saturated carbocycles. The third kappa shape index (κ3) is 5.25. The Balaban J connectivity index is 1.62. The standard InChI is InChI=1S/C28H21Cl2FN8O/c1-39(2)28(40)16-6-3-5-15(9-16)26(23-14-34-38-37-23)35-18-10-19-25(36-22-8-4-7-20(29)24(22)31)17(12-32)13-33-27(19)21(30)11-18/h3-11,13-14,26,35H,1-2H3,(H,33,36)(H,34,37,38). The van der Waals surface area contributed by atoms with Crippen LogP contribution in [0.5, 0.6) is 0 Å². The number of carbonyl (C=O) groups is 1. The smallest absolute Gasteiger partial charge is 0.253 e. The lowest BCUT2D eigenvalue weighted by atomic mass is 10.0. The number of nitriles is 1. The molecular formula is C28H21Cl2FN8O. The Morgan fingerprint density at radius 1 is 1.10 bits per heavy atom. The number of halogens is 3. The predicted octanol–water partition coefficient (Wildman–Crippen LogP) is 6.32. The van der Waals surface area contributed by atoms with Crippen LogP contribution < -0.4 is 10.6 Å². The predicted molar refractivity (Wildman–Crippen MR) is 152 cm³/mol. The Kier molecular flexibility index (Phi) is 7.51. The lowest BCUT2D eigenvalue weighted by molar-refractivity contribution is 0.0827. The molecule has 3 N–H and O–H groups in total. The van der Waals surface area contributed by atoms with Gasteiger partial charge in [0.25, 0.3) is 5.91 Å². The van der Waals surface area contributed by atoms with E-state index in [1.807, 2.05) is 6.07 Å². The van der Waals surface area contributed by atoms with Gasteiger partial charge in [0.1, 0.15) is 11.8 Å². The molecule has 0 aliphatic carbocycles. The number of amides is 1. The molecule has 0 aliphatic rings. The van der Waals surface area contributed by atoms with Gasteiger partial charge in [0.15, 0.2) is 5.82 Å². The number of anilines is 3. The first-order valence-electron chi connectivity index (χ1n) is 11.9. The van der Waals surface area contributed by atoms with Crippen LogP contribution in [0.4, 0.5) is 21.5 Å². The number of hydrogen-bond acceptors (Lipinski definition) is 7. The number of carbonyl (C=O) groups excluding carboxylic acids is 1. The fourth-order valence-electron chi connectivity index (χ4n) is 4.25. The van der Waals surface area contributed by atoms with Crippen LogP contribution in [0, 0.1) is 17.1 Å². The molecule has 40 heavy (non-hydrogen) atoms. The molecule has 12 heteroatoms. The van der Waals surface area contributed by atoms with Crippen molar-refractivity contribution in [1.82, 2.24) is 25.3 Å². The van der Waals surface area contributed by atoms with Crippen molar-refractivity contribution in [3.8, 4) is 6.07 Å². The first-order chi connectivity index (χ1) is 19.3. The van der Waals surface area contributed by atoms with Crippen molar-refractivity contribution in [2.24, 2.45) is 0 Å². The maximum Gasteiger partial charge on any atom is 0.253 e. The number of fused-ring (bicyclic) bond motifs is 1. The summed E-state index contributed by atoms with van der Waals surface area (Å²) in [5.74, 6) is -0.801. The largest absolute Gasteiger partial charge is 0.373 e. The van der Waals surface area contributed by atoms with E-state index in [2.05, 4.69) is 37.1 Å². The van der Waals surface area contributed by atoms with E-state index < -0.39 is 11.9 Å². The maximum absolute atomic E-state index is 14.8. The second-order valence-corrected chi connectivity index (χ2v) is 9.85. The van der Waals surface area contributed by atoms with Gasteiger partial charge in [-0.25, -0.2) is 4.39 Å². The molecule has 1 amide bonds. The van der Waals surface area contributed by atoms with Gasteiger partial charge < -0.3 is 15.5 Å². The third-order valence-electron chi connectivity index (χ3n) is 6.17. The highest BCUT2D eigenvalue weighted by Crippen LogP contribution is 2.37. The molecule has 3 aromatic carbocycles. The molecule has 0 bridgehead atoms. The van der Waals surface area contributed by atoms with Gasteiger partial charge in [0, 0.05) is 36.9 Å². The fourth-order valence-corrected chi connectivity index (χ4v) is 4.69. The van der Waals surface area contributed by atoms with E-state index >= 15 is 0 Å². The zero-order valence-electron chi connectivity index (χ0n) is 21.2. The van der Waals surface area contributed by atoms with Gasteiger partial charge in [-0.1, -0.05) is 41.4 Å². The highest BCUT2D eigenvalue weighted by Gasteiger charge is 2.21. The average molecular weight is 575 g/mol. The molecule has 0 spiro atoms. The molecule has 0 saturated heterocycles. The quantitative estimate of drug-likeness (QED) is 0.208. The van der Waals surface area contributed by atoms with Gasteiger partial charge in [-0.05, 0) is 42.0 Å². The monoisotopic (exact) mass is 574 g/mol. The van der Waals surface area contributed by atoms with E-state index in [0.717, 1.165) is 5.56 Å². The van der Waals surface area contributed by atoms with E-state index in [0.29, 0.717) is 38.6 Å². The number of aromatic amines is 1. The molecule has 5 aromatic rings. The number of nitrogens with zero attached hydrogens (tertiary/aromatic N) is 5.